The normalized spacial score (nSPS) is 12.2. The van der Waals surface area contributed by atoms with Crippen LogP contribution in [0.15, 0.2) is 24.3 Å². The Hall–Kier alpha value is -0.900. The van der Waals surface area contributed by atoms with E-state index in [9.17, 15) is 9.18 Å². The molecule has 1 atom stereocenters. The Morgan fingerprint density at radius 1 is 1.50 bits per heavy atom. The molecule has 76 valence electrons. The molecule has 0 spiro atoms. The van der Waals surface area contributed by atoms with E-state index in [0.717, 1.165) is 5.56 Å². The van der Waals surface area contributed by atoms with Crippen molar-refractivity contribution in [3.63, 3.8) is 0 Å². The highest BCUT2D eigenvalue weighted by Gasteiger charge is 2.06. The van der Waals surface area contributed by atoms with Crippen LogP contribution >= 0.6 is 15.9 Å². The van der Waals surface area contributed by atoms with Crippen LogP contribution in [0.2, 0.25) is 0 Å². The summed E-state index contributed by atoms with van der Waals surface area (Å²) in [6.07, 6.45) is 0. The van der Waals surface area contributed by atoms with Crippen LogP contribution < -0.4 is 5.32 Å². The predicted octanol–water partition coefficient (Wildman–Crippen LogP) is 2.23. The number of halogens is 2. The summed E-state index contributed by atoms with van der Waals surface area (Å²) >= 11 is 3.15. The lowest BCUT2D eigenvalue weighted by Gasteiger charge is -2.06. The molecule has 0 fully saturated rings. The fraction of sp³-hybridized carbons (Fsp3) is 0.300. The first-order valence-electron chi connectivity index (χ1n) is 4.26. The minimum Gasteiger partial charge on any atom is -0.351 e. The molecule has 0 aliphatic carbocycles. The van der Waals surface area contributed by atoms with Crippen molar-refractivity contribution in [3.8, 4) is 0 Å². The zero-order valence-electron chi connectivity index (χ0n) is 7.76. The first kappa shape index (κ1) is 11.2. The summed E-state index contributed by atoms with van der Waals surface area (Å²) in [5.74, 6) is -0.344. The molecule has 1 N–H and O–H groups in total. The van der Waals surface area contributed by atoms with Crippen molar-refractivity contribution in [1.82, 2.24) is 5.32 Å². The summed E-state index contributed by atoms with van der Waals surface area (Å²) in [5.41, 5.74) is 0.882. The van der Waals surface area contributed by atoms with Crippen LogP contribution in [-0.4, -0.2) is 10.7 Å². The van der Waals surface area contributed by atoms with Crippen LogP contribution in [0.3, 0.4) is 0 Å². The fourth-order valence-electron chi connectivity index (χ4n) is 0.932. The number of alkyl halides is 1. The van der Waals surface area contributed by atoms with Gasteiger partial charge in [0, 0.05) is 6.54 Å². The van der Waals surface area contributed by atoms with E-state index < -0.39 is 0 Å². The molecule has 1 unspecified atom stereocenters. The van der Waals surface area contributed by atoms with Gasteiger partial charge in [0.05, 0.1) is 4.83 Å². The molecule has 2 nitrogen and oxygen atoms in total. The van der Waals surface area contributed by atoms with Gasteiger partial charge in [-0.1, -0.05) is 28.1 Å². The summed E-state index contributed by atoms with van der Waals surface area (Å²) in [6.45, 7) is 2.18. The minimum absolute atomic E-state index is 0.0747. The molecule has 0 bridgehead atoms. The average Bonchev–Trinajstić information content (AvgIpc) is 2.16. The van der Waals surface area contributed by atoms with Crippen LogP contribution in [0.5, 0.6) is 0 Å². The van der Waals surface area contributed by atoms with E-state index in [1.54, 1.807) is 19.1 Å². The Morgan fingerprint density at radius 2 is 2.07 bits per heavy atom. The van der Waals surface area contributed by atoms with Crippen molar-refractivity contribution >= 4 is 21.8 Å². The second kappa shape index (κ2) is 5.10. The Labute approximate surface area is 90.6 Å². The monoisotopic (exact) mass is 259 g/mol. The molecule has 0 saturated carbocycles. The van der Waals surface area contributed by atoms with E-state index in [-0.39, 0.29) is 16.6 Å². The van der Waals surface area contributed by atoms with E-state index in [0.29, 0.717) is 6.54 Å². The largest absolute Gasteiger partial charge is 0.351 e. The van der Waals surface area contributed by atoms with Gasteiger partial charge in [0.2, 0.25) is 5.91 Å². The van der Waals surface area contributed by atoms with Crippen molar-refractivity contribution in [2.24, 2.45) is 0 Å². The highest BCUT2D eigenvalue weighted by Crippen LogP contribution is 2.03. The Kier molecular flexibility index (Phi) is 4.07. The average molecular weight is 260 g/mol. The lowest BCUT2D eigenvalue weighted by atomic mass is 10.2. The first-order chi connectivity index (χ1) is 6.59. The number of nitrogens with one attached hydrogen (secondary N) is 1. The molecule has 1 aromatic carbocycles. The smallest absolute Gasteiger partial charge is 0.233 e. The third kappa shape index (κ3) is 3.46. The molecule has 14 heavy (non-hydrogen) atoms. The molecule has 4 heteroatoms. The second-order valence-corrected chi connectivity index (χ2v) is 4.33. The van der Waals surface area contributed by atoms with Crippen molar-refractivity contribution in [1.29, 1.82) is 0 Å². The van der Waals surface area contributed by atoms with Crippen LogP contribution in [-0.2, 0) is 11.3 Å². The van der Waals surface area contributed by atoms with E-state index in [2.05, 4.69) is 21.2 Å². The molecular weight excluding hydrogens is 249 g/mol. The molecule has 0 aliphatic rings. The number of hydrogen-bond acceptors (Lipinski definition) is 1. The zero-order chi connectivity index (χ0) is 10.6. The maximum atomic E-state index is 12.5. The van der Waals surface area contributed by atoms with Gasteiger partial charge in [-0.15, -0.1) is 0 Å². The molecular formula is C10H11BrFNO. The topological polar surface area (TPSA) is 29.1 Å². The minimum atomic E-state index is -0.270. The van der Waals surface area contributed by atoms with E-state index in [1.165, 1.54) is 12.1 Å². The van der Waals surface area contributed by atoms with Gasteiger partial charge in [-0.25, -0.2) is 4.39 Å². The quantitative estimate of drug-likeness (QED) is 0.829. The number of rotatable bonds is 3. The highest BCUT2D eigenvalue weighted by atomic mass is 79.9. The molecule has 0 radical (unpaired) electrons. The van der Waals surface area contributed by atoms with Gasteiger partial charge in [0.1, 0.15) is 5.82 Å². The van der Waals surface area contributed by atoms with Crippen molar-refractivity contribution in [2.75, 3.05) is 0 Å². The molecule has 1 aromatic rings. The van der Waals surface area contributed by atoms with Crippen molar-refractivity contribution < 1.29 is 9.18 Å². The maximum absolute atomic E-state index is 12.5. The summed E-state index contributed by atoms with van der Waals surface area (Å²) in [4.78, 5) is 10.9. The lowest BCUT2D eigenvalue weighted by Crippen LogP contribution is -2.28. The van der Waals surface area contributed by atoms with Gasteiger partial charge < -0.3 is 5.32 Å². The fourth-order valence-corrected chi connectivity index (χ4v) is 1.09. The second-order valence-electron chi connectivity index (χ2n) is 2.96. The van der Waals surface area contributed by atoms with Gasteiger partial charge >= 0.3 is 0 Å². The van der Waals surface area contributed by atoms with E-state index in [1.807, 2.05) is 0 Å². The van der Waals surface area contributed by atoms with Gasteiger partial charge in [0.15, 0.2) is 0 Å². The van der Waals surface area contributed by atoms with E-state index >= 15 is 0 Å². The number of benzene rings is 1. The Morgan fingerprint density at radius 3 is 2.57 bits per heavy atom. The van der Waals surface area contributed by atoms with Crippen molar-refractivity contribution in [3.05, 3.63) is 35.6 Å². The summed E-state index contributed by atoms with van der Waals surface area (Å²) in [7, 11) is 0. The lowest BCUT2D eigenvalue weighted by molar-refractivity contribution is -0.120. The van der Waals surface area contributed by atoms with Crippen LogP contribution in [0.1, 0.15) is 12.5 Å². The molecule has 0 heterocycles. The number of carbonyl (C=O) groups is 1. The Bertz CT molecular complexity index is 310. The van der Waals surface area contributed by atoms with Crippen LogP contribution in [0.25, 0.3) is 0 Å². The van der Waals surface area contributed by atoms with Gasteiger partial charge in [-0.2, -0.15) is 0 Å². The third-order valence-corrected chi connectivity index (χ3v) is 2.16. The van der Waals surface area contributed by atoms with Crippen LogP contribution in [0, 0.1) is 5.82 Å². The molecule has 1 rings (SSSR count). The maximum Gasteiger partial charge on any atom is 0.233 e. The molecule has 1 amide bonds. The van der Waals surface area contributed by atoms with Gasteiger partial charge in [0.25, 0.3) is 0 Å². The Balaban J connectivity index is 2.46. The molecule has 0 aromatic heterocycles. The van der Waals surface area contributed by atoms with Crippen LogP contribution in [0.4, 0.5) is 4.39 Å². The SMILES string of the molecule is CC(Br)C(=O)NCc1ccc(F)cc1. The number of amides is 1. The van der Waals surface area contributed by atoms with Crippen molar-refractivity contribution in [2.45, 2.75) is 18.3 Å². The summed E-state index contributed by atoms with van der Waals surface area (Å²) < 4.78 is 12.5. The van der Waals surface area contributed by atoms with E-state index in [4.69, 9.17) is 0 Å². The standard InChI is InChI=1S/C10H11BrFNO/c1-7(11)10(14)13-6-8-2-4-9(12)5-3-8/h2-5,7H,6H2,1H3,(H,13,14). The third-order valence-electron chi connectivity index (χ3n) is 1.74. The highest BCUT2D eigenvalue weighted by molar-refractivity contribution is 9.10. The molecule has 0 saturated heterocycles. The molecule has 0 aliphatic heterocycles. The van der Waals surface area contributed by atoms with Gasteiger partial charge in [-0.05, 0) is 24.6 Å². The van der Waals surface area contributed by atoms with Gasteiger partial charge in [-0.3, -0.25) is 4.79 Å². The summed E-state index contributed by atoms with van der Waals surface area (Å²) in [6, 6.07) is 6.04. The zero-order valence-corrected chi connectivity index (χ0v) is 9.34. The predicted molar refractivity (Wildman–Crippen MR) is 56.6 cm³/mol. The number of hydrogen-bond donors (Lipinski definition) is 1. The first-order valence-corrected chi connectivity index (χ1v) is 5.17. The number of carbonyl (C=O) groups excluding carboxylic acids is 1. The summed E-state index contributed by atoms with van der Waals surface area (Å²) in [5, 5.41) is 2.71.